The Morgan fingerprint density at radius 2 is 1.28 bits per heavy atom. The first kappa shape index (κ1) is 20.9. The molecule has 0 aliphatic rings. The summed E-state index contributed by atoms with van der Waals surface area (Å²) in [6, 6.07) is 21.0. The summed E-state index contributed by atoms with van der Waals surface area (Å²) in [5.41, 5.74) is 1.85. The van der Waals surface area contributed by atoms with Crippen molar-refractivity contribution in [2.45, 2.75) is 0 Å². The van der Waals surface area contributed by atoms with Gasteiger partial charge in [-0.25, -0.2) is 0 Å². The Bertz CT molecular complexity index is 1270. The highest BCUT2D eigenvalue weighted by atomic mass is 16.5. The molecule has 1 aromatic heterocycles. The Balaban J connectivity index is 1.79. The van der Waals surface area contributed by atoms with Crippen molar-refractivity contribution in [2.75, 3.05) is 21.3 Å². The van der Waals surface area contributed by atoms with Gasteiger partial charge < -0.3 is 18.6 Å². The fourth-order valence-electron chi connectivity index (χ4n) is 2.97. The number of hydrogen-bond acceptors (Lipinski definition) is 7. The maximum Gasteiger partial charge on any atom is 0.325 e. The van der Waals surface area contributed by atoms with E-state index in [4.69, 9.17) is 18.6 Å². The molecule has 8 heteroatoms. The first-order valence-electron chi connectivity index (χ1n) is 9.73. The van der Waals surface area contributed by atoms with Crippen molar-refractivity contribution in [3.63, 3.8) is 0 Å². The number of rotatable bonds is 7. The molecule has 162 valence electrons. The Kier molecular flexibility index (Phi) is 6.03. The fraction of sp³-hybridized carbons (Fsp3) is 0.125. The normalized spacial score (nSPS) is 11.3. The van der Waals surface area contributed by atoms with Crippen molar-refractivity contribution in [1.82, 2.24) is 9.78 Å². The van der Waals surface area contributed by atoms with Crippen LogP contribution in [-0.4, -0.2) is 36.9 Å². The predicted octanol–water partition coefficient (Wildman–Crippen LogP) is 3.95. The predicted molar refractivity (Wildman–Crippen MR) is 117 cm³/mol. The second-order valence-electron chi connectivity index (χ2n) is 6.67. The highest BCUT2D eigenvalue weighted by Crippen LogP contribution is 2.19. The van der Waals surface area contributed by atoms with Gasteiger partial charge in [0, 0.05) is 5.56 Å². The van der Waals surface area contributed by atoms with Crippen LogP contribution in [0.5, 0.6) is 17.2 Å². The lowest BCUT2D eigenvalue weighted by atomic mass is 10.1. The lowest BCUT2D eigenvalue weighted by molar-refractivity contribution is 0.100. The van der Waals surface area contributed by atoms with Gasteiger partial charge in [0.05, 0.1) is 32.7 Å². The monoisotopic (exact) mass is 431 g/mol. The molecular formula is C24H21N3O5. The molecule has 0 amide bonds. The van der Waals surface area contributed by atoms with Crippen molar-refractivity contribution >= 4 is 11.5 Å². The summed E-state index contributed by atoms with van der Waals surface area (Å²) in [6.07, 6.45) is 0. The van der Waals surface area contributed by atoms with E-state index in [1.165, 1.54) is 4.68 Å². The summed E-state index contributed by atoms with van der Waals surface area (Å²) in [4.78, 5) is 17.5. The van der Waals surface area contributed by atoms with Crippen molar-refractivity contribution in [3.05, 3.63) is 89.9 Å². The lowest BCUT2D eigenvalue weighted by Gasteiger charge is -2.02. The van der Waals surface area contributed by atoms with Gasteiger partial charge in [-0.2, -0.15) is 9.67 Å². The average molecular weight is 431 g/mol. The second-order valence-corrected chi connectivity index (χ2v) is 6.67. The van der Waals surface area contributed by atoms with Gasteiger partial charge in [-0.3, -0.25) is 4.79 Å². The van der Waals surface area contributed by atoms with E-state index < -0.39 is 0 Å². The van der Waals surface area contributed by atoms with E-state index >= 15 is 0 Å². The van der Waals surface area contributed by atoms with Gasteiger partial charge >= 0.3 is 5.68 Å². The molecule has 0 spiro atoms. The summed E-state index contributed by atoms with van der Waals surface area (Å²) >= 11 is 0. The van der Waals surface area contributed by atoms with Gasteiger partial charge in [0.1, 0.15) is 17.2 Å². The SMILES string of the molecule is COc1ccc(/N=c2/oc(C(=O)c3ccc(OC)cc3)nn2-c2ccc(OC)cc2)cc1. The van der Waals surface area contributed by atoms with Gasteiger partial charge in [0.15, 0.2) is 0 Å². The van der Waals surface area contributed by atoms with Crippen LogP contribution in [0.1, 0.15) is 16.2 Å². The zero-order valence-electron chi connectivity index (χ0n) is 17.8. The van der Waals surface area contributed by atoms with E-state index in [0.29, 0.717) is 34.2 Å². The molecule has 0 N–H and O–H groups in total. The number of aromatic nitrogens is 2. The van der Waals surface area contributed by atoms with Crippen LogP contribution in [0.2, 0.25) is 0 Å². The zero-order chi connectivity index (χ0) is 22.5. The summed E-state index contributed by atoms with van der Waals surface area (Å²) in [7, 11) is 4.75. The number of carbonyl (C=O) groups excluding carboxylic acids is 1. The number of nitrogens with zero attached hydrogens (tertiary/aromatic N) is 3. The first-order valence-corrected chi connectivity index (χ1v) is 9.73. The zero-order valence-corrected chi connectivity index (χ0v) is 17.8. The van der Waals surface area contributed by atoms with E-state index in [0.717, 1.165) is 0 Å². The van der Waals surface area contributed by atoms with Gasteiger partial charge in [-0.15, -0.1) is 5.10 Å². The molecule has 8 nitrogen and oxygen atoms in total. The van der Waals surface area contributed by atoms with Crippen LogP contribution in [0.15, 0.2) is 82.2 Å². The topological polar surface area (TPSA) is 88.1 Å². The molecule has 0 saturated carbocycles. The molecule has 4 aromatic rings. The molecule has 0 atom stereocenters. The second kappa shape index (κ2) is 9.22. The van der Waals surface area contributed by atoms with Crippen LogP contribution in [0.4, 0.5) is 5.69 Å². The van der Waals surface area contributed by atoms with Crippen molar-refractivity contribution < 1.29 is 23.4 Å². The Hall–Kier alpha value is -4.33. The lowest BCUT2D eigenvalue weighted by Crippen LogP contribution is -2.15. The van der Waals surface area contributed by atoms with Gasteiger partial charge in [0.2, 0.25) is 5.78 Å². The van der Waals surface area contributed by atoms with E-state index in [1.54, 1.807) is 94.1 Å². The third-order valence-electron chi connectivity index (χ3n) is 4.72. The molecular weight excluding hydrogens is 410 g/mol. The minimum absolute atomic E-state index is 0.0850. The quantitative estimate of drug-likeness (QED) is 0.412. The maximum absolute atomic E-state index is 13.0. The van der Waals surface area contributed by atoms with Crippen molar-refractivity contribution in [1.29, 1.82) is 0 Å². The summed E-state index contributed by atoms with van der Waals surface area (Å²) < 4.78 is 22.8. The molecule has 0 unspecified atom stereocenters. The Morgan fingerprint density at radius 1 is 0.781 bits per heavy atom. The van der Waals surface area contributed by atoms with Crippen LogP contribution in [-0.2, 0) is 0 Å². The average Bonchev–Trinajstić information content (AvgIpc) is 3.27. The molecule has 0 radical (unpaired) electrons. The molecule has 3 aromatic carbocycles. The number of carbonyl (C=O) groups is 1. The fourth-order valence-corrected chi connectivity index (χ4v) is 2.97. The van der Waals surface area contributed by atoms with Crippen LogP contribution in [0, 0.1) is 0 Å². The minimum Gasteiger partial charge on any atom is -0.497 e. The standard InChI is InChI=1S/C24H21N3O5/c1-29-19-10-4-16(5-11-19)22(28)23-26-27(18-8-14-21(31-3)15-9-18)24(32-23)25-17-6-12-20(30-2)13-7-17/h4-15H,1-3H3/b25-24+. The van der Waals surface area contributed by atoms with E-state index in [2.05, 4.69) is 10.1 Å². The van der Waals surface area contributed by atoms with Gasteiger partial charge in [0.25, 0.3) is 5.89 Å². The molecule has 0 aliphatic heterocycles. The Labute approximate surface area is 184 Å². The summed E-state index contributed by atoms with van der Waals surface area (Å²) in [6.45, 7) is 0. The number of benzene rings is 3. The minimum atomic E-state index is -0.369. The molecule has 1 heterocycles. The summed E-state index contributed by atoms with van der Waals surface area (Å²) in [5, 5.41) is 4.39. The smallest absolute Gasteiger partial charge is 0.325 e. The first-order chi connectivity index (χ1) is 15.6. The highest BCUT2D eigenvalue weighted by molar-refractivity contribution is 6.05. The molecule has 0 bridgehead atoms. The van der Waals surface area contributed by atoms with E-state index in [-0.39, 0.29) is 17.4 Å². The Morgan fingerprint density at radius 3 is 1.81 bits per heavy atom. The largest absolute Gasteiger partial charge is 0.497 e. The number of ether oxygens (including phenoxy) is 3. The van der Waals surface area contributed by atoms with Crippen LogP contribution < -0.4 is 19.9 Å². The molecule has 32 heavy (non-hydrogen) atoms. The van der Waals surface area contributed by atoms with Crippen LogP contribution in [0.25, 0.3) is 5.69 Å². The molecule has 0 fully saturated rings. The van der Waals surface area contributed by atoms with Gasteiger partial charge in [-0.1, -0.05) is 0 Å². The van der Waals surface area contributed by atoms with Crippen LogP contribution in [0.3, 0.4) is 0 Å². The third kappa shape index (κ3) is 4.39. The highest BCUT2D eigenvalue weighted by Gasteiger charge is 2.18. The maximum atomic E-state index is 13.0. The van der Waals surface area contributed by atoms with E-state index in [9.17, 15) is 4.79 Å². The number of methoxy groups -OCH3 is 3. The molecule has 4 rings (SSSR count). The molecule has 0 aliphatic carbocycles. The van der Waals surface area contributed by atoms with Crippen LogP contribution >= 0.6 is 0 Å². The van der Waals surface area contributed by atoms with E-state index in [1.807, 2.05) is 0 Å². The molecule has 0 saturated heterocycles. The summed E-state index contributed by atoms with van der Waals surface area (Å²) in [5.74, 6) is 1.60. The van der Waals surface area contributed by atoms with Crippen molar-refractivity contribution in [3.8, 4) is 22.9 Å². The van der Waals surface area contributed by atoms with Crippen molar-refractivity contribution in [2.24, 2.45) is 4.99 Å². The number of hydrogen-bond donors (Lipinski definition) is 0. The van der Waals surface area contributed by atoms with Gasteiger partial charge in [-0.05, 0) is 72.8 Å². The third-order valence-corrected chi connectivity index (χ3v) is 4.72. The number of ketones is 1.